The highest BCUT2D eigenvalue weighted by molar-refractivity contribution is 4.97. The number of hydrogen-bond donors (Lipinski definition) is 1. The average molecular weight is 265 g/mol. The van der Waals surface area contributed by atoms with Crippen molar-refractivity contribution in [2.24, 2.45) is 5.92 Å². The highest BCUT2D eigenvalue weighted by Crippen LogP contribution is 2.36. The SMILES string of the molecule is CCCC1CCC(c2noc(CNC(C)C)n2)CC1. The maximum absolute atomic E-state index is 5.32. The van der Waals surface area contributed by atoms with Gasteiger partial charge in [-0.1, -0.05) is 38.8 Å². The molecule has 0 saturated heterocycles. The van der Waals surface area contributed by atoms with Gasteiger partial charge in [0.25, 0.3) is 0 Å². The van der Waals surface area contributed by atoms with Gasteiger partial charge in [0.2, 0.25) is 5.89 Å². The van der Waals surface area contributed by atoms with Gasteiger partial charge in [0.05, 0.1) is 6.54 Å². The quantitative estimate of drug-likeness (QED) is 0.853. The fourth-order valence-electron chi connectivity index (χ4n) is 2.91. The summed E-state index contributed by atoms with van der Waals surface area (Å²) in [6.45, 7) is 7.19. The van der Waals surface area contributed by atoms with Gasteiger partial charge in [0.15, 0.2) is 5.82 Å². The van der Waals surface area contributed by atoms with Crippen molar-refractivity contribution in [1.82, 2.24) is 15.5 Å². The zero-order chi connectivity index (χ0) is 13.7. The van der Waals surface area contributed by atoms with Crippen molar-refractivity contribution in [2.45, 2.75) is 77.8 Å². The summed E-state index contributed by atoms with van der Waals surface area (Å²) in [7, 11) is 0. The van der Waals surface area contributed by atoms with E-state index in [0.29, 0.717) is 18.5 Å². The molecule has 4 heteroatoms. The van der Waals surface area contributed by atoms with E-state index in [1.54, 1.807) is 0 Å². The normalized spacial score (nSPS) is 24.0. The molecule has 0 unspecified atom stereocenters. The molecule has 0 bridgehead atoms. The van der Waals surface area contributed by atoms with Crippen molar-refractivity contribution in [3.8, 4) is 0 Å². The average Bonchev–Trinajstić information content (AvgIpc) is 2.86. The standard InChI is InChI=1S/C15H27N3O/c1-4-5-12-6-8-13(9-7-12)15-17-14(19-18-15)10-16-11(2)3/h11-13,16H,4-10H2,1-3H3. The Balaban J connectivity index is 1.82. The number of nitrogens with zero attached hydrogens (tertiary/aromatic N) is 2. The Bertz CT molecular complexity index is 367. The lowest BCUT2D eigenvalue weighted by molar-refractivity contribution is 0.294. The summed E-state index contributed by atoms with van der Waals surface area (Å²) in [4.78, 5) is 4.54. The Kier molecular flexibility index (Phi) is 5.37. The molecular formula is C15H27N3O. The lowest BCUT2D eigenvalue weighted by Crippen LogP contribution is -2.22. The molecule has 2 rings (SSSR count). The molecule has 0 radical (unpaired) electrons. The minimum Gasteiger partial charge on any atom is -0.338 e. The molecule has 1 fully saturated rings. The van der Waals surface area contributed by atoms with Gasteiger partial charge in [-0.2, -0.15) is 4.98 Å². The summed E-state index contributed by atoms with van der Waals surface area (Å²) >= 11 is 0. The van der Waals surface area contributed by atoms with Crippen LogP contribution >= 0.6 is 0 Å². The molecule has 1 aliphatic rings. The largest absolute Gasteiger partial charge is 0.338 e. The second-order valence-electron chi connectivity index (χ2n) is 6.09. The first-order valence-corrected chi connectivity index (χ1v) is 7.75. The predicted molar refractivity (Wildman–Crippen MR) is 75.9 cm³/mol. The second-order valence-corrected chi connectivity index (χ2v) is 6.09. The van der Waals surface area contributed by atoms with Crippen LogP contribution < -0.4 is 5.32 Å². The smallest absolute Gasteiger partial charge is 0.240 e. The molecule has 4 nitrogen and oxygen atoms in total. The number of hydrogen-bond acceptors (Lipinski definition) is 4. The van der Waals surface area contributed by atoms with Gasteiger partial charge in [0.1, 0.15) is 0 Å². The van der Waals surface area contributed by atoms with Crippen LogP contribution in [0.25, 0.3) is 0 Å². The first-order chi connectivity index (χ1) is 9.19. The van der Waals surface area contributed by atoms with E-state index >= 15 is 0 Å². The van der Waals surface area contributed by atoms with Crippen LogP contribution in [0.1, 0.15) is 76.9 Å². The van der Waals surface area contributed by atoms with Crippen molar-refractivity contribution >= 4 is 0 Å². The topological polar surface area (TPSA) is 51.0 Å². The van der Waals surface area contributed by atoms with Crippen molar-refractivity contribution in [1.29, 1.82) is 0 Å². The van der Waals surface area contributed by atoms with Crippen molar-refractivity contribution in [3.05, 3.63) is 11.7 Å². The zero-order valence-corrected chi connectivity index (χ0v) is 12.5. The monoisotopic (exact) mass is 265 g/mol. The van der Waals surface area contributed by atoms with Crippen LogP contribution in [0.3, 0.4) is 0 Å². The van der Waals surface area contributed by atoms with Crippen LogP contribution in [-0.4, -0.2) is 16.2 Å². The Labute approximate surface area is 116 Å². The van der Waals surface area contributed by atoms with Crippen LogP contribution in [0.15, 0.2) is 4.52 Å². The third kappa shape index (κ3) is 4.30. The summed E-state index contributed by atoms with van der Waals surface area (Å²) in [6, 6.07) is 0.444. The van der Waals surface area contributed by atoms with Crippen LogP contribution in [0.2, 0.25) is 0 Å². The van der Waals surface area contributed by atoms with E-state index < -0.39 is 0 Å². The Morgan fingerprint density at radius 1 is 1.26 bits per heavy atom. The summed E-state index contributed by atoms with van der Waals surface area (Å²) in [5, 5.41) is 7.47. The Morgan fingerprint density at radius 2 is 2.00 bits per heavy atom. The van der Waals surface area contributed by atoms with Crippen molar-refractivity contribution in [2.75, 3.05) is 0 Å². The maximum Gasteiger partial charge on any atom is 0.240 e. The van der Waals surface area contributed by atoms with Crippen molar-refractivity contribution in [3.63, 3.8) is 0 Å². The first kappa shape index (κ1) is 14.5. The summed E-state index contributed by atoms with van der Waals surface area (Å²) < 4.78 is 5.32. The van der Waals surface area contributed by atoms with E-state index in [2.05, 4.69) is 36.2 Å². The summed E-state index contributed by atoms with van der Waals surface area (Å²) in [6.07, 6.45) is 7.78. The molecule has 1 heterocycles. The van der Waals surface area contributed by atoms with E-state index in [9.17, 15) is 0 Å². The maximum atomic E-state index is 5.32. The lowest BCUT2D eigenvalue weighted by atomic mass is 9.80. The molecule has 0 atom stereocenters. The number of nitrogens with one attached hydrogen (secondary N) is 1. The summed E-state index contributed by atoms with van der Waals surface area (Å²) in [5.41, 5.74) is 0. The minimum atomic E-state index is 0.444. The molecule has 1 aromatic rings. The zero-order valence-electron chi connectivity index (χ0n) is 12.5. The molecule has 19 heavy (non-hydrogen) atoms. The Hall–Kier alpha value is -0.900. The molecular weight excluding hydrogens is 238 g/mol. The fraction of sp³-hybridized carbons (Fsp3) is 0.867. The second kappa shape index (κ2) is 7.04. The minimum absolute atomic E-state index is 0.444. The lowest BCUT2D eigenvalue weighted by Gasteiger charge is -2.26. The predicted octanol–water partition coefficient (Wildman–Crippen LogP) is 3.64. The van der Waals surface area contributed by atoms with Gasteiger partial charge in [-0.3, -0.25) is 0 Å². The third-order valence-electron chi connectivity index (χ3n) is 4.05. The van der Waals surface area contributed by atoms with Crippen LogP contribution in [-0.2, 0) is 6.54 Å². The van der Waals surface area contributed by atoms with E-state index in [4.69, 9.17) is 4.52 Å². The highest BCUT2D eigenvalue weighted by Gasteiger charge is 2.25. The van der Waals surface area contributed by atoms with Crippen molar-refractivity contribution < 1.29 is 4.52 Å². The van der Waals surface area contributed by atoms with Gasteiger partial charge in [-0.15, -0.1) is 0 Å². The first-order valence-electron chi connectivity index (χ1n) is 7.75. The van der Waals surface area contributed by atoms with E-state index in [0.717, 1.165) is 17.6 Å². The summed E-state index contributed by atoms with van der Waals surface area (Å²) in [5.74, 6) is 3.09. The van der Waals surface area contributed by atoms with Gasteiger partial charge in [-0.05, 0) is 31.6 Å². The number of aromatic nitrogens is 2. The van der Waals surface area contributed by atoms with Gasteiger partial charge in [-0.25, -0.2) is 0 Å². The van der Waals surface area contributed by atoms with Crippen LogP contribution in [0.4, 0.5) is 0 Å². The molecule has 1 saturated carbocycles. The van der Waals surface area contributed by atoms with Crippen LogP contribution in [0, 0.1) is 5.92 Å². The molecule has 0 amide bonds. The molecule has 0 aliphatic heterocycles. The van der Waals surface area contributed by atoms with E-state index in [-0.39, 0.29) is 0 Å². The Morgan fingerprint density at radius 3 is 2.63 bits per heavy atom. The van der Waals surface area contributed by atoms with E-state index in [1.807, 2.05) is 0 Å². The van der Waals surface area contributed by atoms with Gasteiger partial charge >= 0.3 is 0 Å². The molecule has 0 aromatic carbocycles. The molecule has 0 spiro atoms. The fourth-order valence-corrected chi connectivity index (χ4v) is 2.91. The molecule has 108 valence electrons. The molecule has 1 aliphatic carbocycles. The third-order valence-corrected chi connectivity index (χ3v) is 4.05. The highest BCUT2D eigenvalue weighted by atomic mass is 16.5. The van der Waals surface area contributed by atoms with Gasteiger partial charge < -0.3 is 9.84 Å². The number of rotatable bonds is 6. The molecule has 1 aromatic heterocycles. The van der Waals surface area contributed by atoms with Gasteiger partial charge in [0, 0.05) is 12.0 Å². The van der Waals surface area contributed by atoms with E-state index in [1.165, 1.54) is 38.5 Å². The van der Waals surface area contributed by atoms with Crippen LogP contribution in [0.5, 0.6) is 0 Å². The molecule has 1 N–H and O–H groups in total.